The molecule has 0 heterocycles. The molecule has 0 aromatic heterocycles. The summed E-state index contributed by atoms with van der Waals surface area (Å²) < 4.78 is 5.41. The van der Waals surface area contributed by atoms with Crippen molar-refractivity contribution in [2.75, 3.05) is 6.61 Å². The summed E-state index contributed by atoms with van der Waals surface area (Å²) in [6, 6.07) is 15.2. The van der Waals surface area contributed by atoms with Gasteiger partial charge in [-0.2, -0.15) is 0 Å². The van der Waals surface area contributed by atoms with Gasteiger partial charge < -0.3 is 10.1 Å². The first kappa shape index (κ1) is 17.6. The summed E-state index contributed by atoms with van der Waals surface area (Å²) in [5, 5.41) is 3.78. The van der Waals surface area contributed by atoms with Crippen molar-refractivity contribution in [3.8, 4) is 5.75 Å². The maximum atomic E-state index is 11.9. The second-order valence-electron chi connectivity index (χ2n) is 5.36. The Balaban J connectivity index is 1.72. The van der Waals surface area contributed by atoms with E-state index in [1.54, 1.807) is 18.2 Å². The smallest absolute Gasteiger partial charge is 0.258 e. The molecule has 1 atom stereocenters. The number of aryl methyl sites for hydroxylation is 1. The number of carbonyl (C=O) groups is 1. The standard InChI is InChI=1S/C18H19Cl2NO2/c1-13(7-8-14-5-3-2-4-6-14)21-18(22)12-23-15-9-10-16(19)17(20)11-15/h2-6,9-11,13H,7-8,12H2,1H3,(H,21,22)/t13-/m0/s1. The van der Waals surface area contributed by atoms with E-state index < -0.39 is 0 Å². The molecule has 2 rings (SSSR count). The molecule has 0 saturated heterocycles. The third-order valence-electron chi connectivity index (χ3n) is 3.38. The number of halogens is 2. The van der Waals surface area contributed by atoms with Crippen LogP contribution in [-0.4, -0.2) is 18.6 Å². The van der Waals surface area contributed by atoms with Gasteiger partial charge in [-0.25, -0.2) is 0 Å². The number of hydrogen-bond donors (Lipinski definition) is 1. The van der Waals surface area contributed by atoms with E-state index in [2.05, 4.69) is 17.4 Å². The largest absolute Gasteiger partial charge is 0.484 e. The lowest BCUT2D eigenvalue weighted by molar-refractivity contribution is -0.123. The van der Waals surface area contributed by atoms with Crippen LogP contribution in [0, 0.1) is 0 Å². The first-order chi connectivity index (χ1) is 11.0. The Morgan fingerprint density at radius 3 is 2.57 bits per heavy atom. The van der Waals surface area contributed by atoms with Gasteiger partial charge in [0, 0.05) is 12.1 Å². The van der Waals surface area contributed by atoms with E-state index in [9.17, 15) is 4.79 Å². The number of rotatable bonds is 7. The molecule has 0 radical (unpaired) electrons. The van der Waals surface area contributed by atoms with Crippen molar-refractivity contribution >= 4 is 29.1 Å². The van der Waals surface area contributed by atoms with E-state index >= 15 is 0 Å². The highest BCUT2D eigenvalue weighted by Crippen LogP contribution is 2.26. The SMILES string of the molecule is C[C@@H](CCc1ccccc1)NC(=O)COc1ccc(Cl)c(Cl)c1. The van der Waals surface area contributed by atoms with Gasteiger partial charge in [-0.1, -0.05) is 53.5 Å². The van der Waals surface area contributed by atoms with Crippen molar-refractivity contribution in [3.05, 3.63) is 64.1 Å². The molecule has 0 aliphatic rings. The highest BCUT2D eigenvalue weighted by molar-refractivity contribution is 6.42. The van der Waals surface area contributed by atoms with E-state index in [1.807, 2.05) is 25.1 Å². The van der Waals surface area contributed by atoms with Gasteiger partial charge in [0.05, 0.1) is 10.0 Å². The number of carbonyl (C=O) groups excluding carboxylic acids is 1. The minimum Gasteiger partial charge on any atom is -0.484 e. The Hall–Kier alpha value is -1.71. The van der Waals surface area contributed by atoms with Crippen molar-refractivity contribution in [3.63, 3.8) is 0 Å². The highest BCUT2D eigenvalue weighted by atomic mass is 35.5. The topological polar surface area (TPSA) is 38.3 Å². The van der Waals surface area contributed by atoms with Gasteiger partial charge >= 0.3 is 0 Å². The molecule has 1 N–H and O–H groups in total. The fraction of sp³-hybridized carbons (Fsp3) is 0.278. The second kappa shape index (κ2) is 8.80. The van der Waals surface area contributed by atoms with Crippen LogP contribution in [-0.2, 0) is 11.2 Å². The van der Waals surface area contributed by atoms with Crippen molar-refractivity contribution < 1.29 is 9.53 Å². The van der Waals surface area contributed by atoms with Crippen molar-refractivity contribution in [1.82, 2.24) is 5.32 Å². The van der Waals surface area contributed by atoms with Crippen LogP contribution in [0.2, 0.25) is 10.0 Å². The molecule has 1 amide bonds. The summed E-state index contributed by atoms with van der Waals surface area (Å²) in [7, 11) is 0. The van der Waals surface area contributed by atoms with Crippen LogP contribution in [0.1, 0.15) is 18.9 Å². The summed E-state index contributed by atoms with van der Waals surface area (Å²) in [6.07, 6.45) is 1.80. The first-order valence-corrected chi connectivity index (χ1v) is 8.21. The van der Waals surface area contributed by atoms with Crippen LogP contribution in [0.4, 0.5) is 0 Å². The quantitative estimate of drug-likeness (QED) is 0.796. The van der Waals surface area contributed by atoms with Crippen LogP contribution in [0.25, 0.3) is 0 Å². The molecule has 122 valence electrons. The van der Waals surface area contributed by atoms with Gasteiger partial charge in [0.15, 0.2) is 6.61 Å². The predicted molar refractivity (Wildman–Crippen MR) is 94.3 cm³/mol. The molecule has 0 spiro atoms. The van der Waals surface area contributed by atoms with Crippen LogP contribution in [0.3, 0.4) is 0 Å². The number of benzene rings is 2. The third-order valence-corrected chi connectivity index (χ3v) is 4.12. The minimum atomic E-state index is -0.156. The summed E-state index contributed by atoms with van der Waals surface area (Å²) in [5.74, 6) is 0.364. The normalized spacial score (nSPS) is 11.8. The summed E-state index contributed by atoms with van der Waals surface area (Å²) in [6.45, 7) is 1.94. The zero-order valence-corrected chi connectivity index (χ0v) is 14.4. The molecule has 0 saturated carbocycles. The average Bonchev–Trinajstić information content (AvgIpc) is 2.55. The second-order valence-corrected chi connectivity index (χ2v) is 6.17. The Bertz CT molecular complexity index is 647. The van der Waals surface area contributed by atoms with E-state index in [1.165, 1.54) is 5.56 Å². The van der Waals surface area contributed by atoms with Crippen LogP contribution >= 0.6 is 23.2 Å². The van der Waals surface area contributed by atoms with Crippen molar-refractivity contribution in [2.45, 2.75) is 25.8 Å². The Morgan fingerprint density at radius 2 is 1.87 bits per heavy atom. The lowest BCUT2D eigenvalue weighted by atomic mass is 10.1. The molecular weight excluding hydrogens is 333 g/mol. The van der Waals surface area contributed by atoms with Crippen LogP contribution in [0.5, 0.6) is 5.75 Å². The molecule has 0 fully saturated rings. The number of amides is 1. The third kappa shape index (κ3) is 6.12. The zero-order chi connectivity index (χ0) is 16.7. The molecule has 2 aromatic carbocycles. The Labute approximate surface area is 146 Å². The van der Waals surface area contributed by atoms with Gasteiger partial charge in [-0.05, 0) is 37.5 Å². The van der Waals surface area contributed by atoms with Gasteiger partial charge in [0.1, 0.15) is 5.75 Å². The van der Waals surface area contributed by atoms with Crippen LogP contribution < -0.4 is 10.1 Å². The first-order valence-electron chi connectivity index (χ1n) is 7.45. The fourth-order valence-corrected chi connectivity index (χ4v) is 2.42. The Morgan fingerprint density at radius 1 is 1.13 bits per heavy atom. The zero-order valence-electron chi connectivity index (χ0n) is 12.9. The van der Waals surface area contributed by atoms with Gasteiger partial charge in [-0.15, -0.1) is 0 Å². The molecule has 3 nitrogen and oxygen atoms in total. The predicted octanol–water partition coefficient (Wildman–Crippen LogP) is 4.51. The lowest BCUT2D eigenvalue weighted by Gasteiger charge is -2.14. The summed E-state index contributed by atoms with van der Waals surface area (Å²) in [4.78, 5) is 11.9. The molecule has 0 bridgehead atoms. The highest BCUT2D eigenvalue weighted by Gasteiger charge is 2.09. The molecular formula is C18H19Cl2NO2. The molecule has 0 unspecified atom stereocenters. The van der Waals surface area contributed by atoms with E-state index in [-0.39, 0.29) is 18.6 Å². The number of ether oxygens (including phenoxy) is 1. The maximum absolute atomic E-state index is 11.9. The maximum Gasteiger partial charge on any atom is 0.258 e. The van der Waals surface area contributed by atoms with E-state index in [0.717, 1.165) is 12.8 Å². The van der Waals surface area contributed by atoms with E-state index in [0.29, 0.717) is 15.8 Å². The summed E-state index contributed by atoms with van der Waals surface area (Å²) >= 11 is 11.7. The molecule has 5 heteroatoms. The van der Waals surface area contributed by atoms with Crippen molar-refractivity contribution in [2.24, 2.45) is 0 Å². The molecule has 0 aliphatic carbocycles. The monoisotopic (exact) mass is 351 g/mol. The molecule has 2 aromatic rings. The average molecular weight is 352 g/mol. The fourth-order valence-electron chi connectivity index (χ4n) is 2.13. The molecule has 0 aliphatic heterocycles. The van der Waals surface area contributed by atoms with Gasteiger partial charge in [0.25, 0.3) is 5.91 Å². The minimum absolute atomic E-state index is 0.0480. The Kier molecular flexibility index (Phi) is 6.75. The van der Waals surface area contributed by atoms with Gasteiger partial charge in [-0.3, -0.25) is 4.79 Å². The molecule has 23 heavy (non-hydrogen) atoms. The lowest BCUT2D eigenvalue weighted by Crippen LogP contribution is -2.36. The van der Waals surface area contributed by atoms with Gasteiger partial charge in [0.2, 0.25) is 0 Å². The van der Waals surface area contributed by atoms with E-state index in [4.69, 9.17) is 27.9 Å². The van der Waals surface area contributed by atoms with Crippen LogP contribution in [0.15, 0.2) is 48.5 Å². The van der Waals surface area contributed by atoms with Crippen molar-refractivity contribution in [1.29, 1.82) is 0 Å². The number of nitrogens with one attached hydrogen (secondary N) is 1. The summed E-state index contributed by atoms with van der Waals surface area (Å²) in [5.41, 5.74) is 1.26. The number of hydrogen-bond acceptors (Lipinski definition) is 2.